The van der Waals surface area contributed by atoms with Gasteiger partial charge in [0.1, 0.15) is 5.75 Å². The summed E-state index contributed by atoms with van der Waals surface area (Å²) in [5.41, 5.74) is 4.48. The van der Waals surface area contributed by atoms with Gasteiger partial charge in [0.2, 0.25) is 0 Å². The van der Waals surface area contributed by atoms with Crippen molar-refractivity contribution in [2.24, 2.45) is 0 Å². The van der Waals surface area contributed by atoms with Crippen LogP contribution in [-0.4, -0.2) is 23.0 Å². The van der Waals surface area contributed by atoms with Gasteiger partial charge in [0, 0.05) is 16.6 Å². The second-order valence-electron chi connectivity index (χ2n) is 7.33. The molecule has 5 heteroatoms. The van der Waals surface area contributed by atoms with Crippen molar-refractivity contribution < 1.29 is 14.6 Å². The highest BCUT2D eigenvalue weighted by Crippen LogP contribution is 2.45. The molecule has 1 heterocycles. The van der Waals surface area contributed by atoms with Gasteiger partial charge in [0.15, 0.2) is 5.76 Å². The highest BCUT2D eigenvalue weighted by atomic mass is 79.9. The van der Waals surface area contributed by atoms with Crippen molar-refractivity contribution in [3.63, 3.8) is 0 Å². The van der Waals surface area contributed by atoms with Gasteiger partial charge in [0.25, 0.3) is 5.91 Å². The van der Waals surface area contributed by atoms with Crippen molar-refractivity contribution in [1.29, 1.82) is 0 Å². The predicted octanol–water partition coefficient (Wildman–Crippen LogP) is 5.82. The Morgan fingerprint density at radius 3 is 2.30 bits per heavy atom. The lowest BCUT2D eigenvalue weighted by atomic mass is 9.93. The van der Waals surface area contributed by atoms with Crippen LogP contribution in [0.5, 0.6) is 5.75 Å². The zero-order valence-corrected chi connectivity index (χ0v) is 18.4. The van der Waals surface area contributed by atoms with Crippen LogP contribution in [0.1, 0.15) is 28.3 Å². The summed E-state index contributed by atoms with van der Waals surface area (Å²) in [6, 6.07) is 22.9. The average Bonchev–Trinajstić information content (AvgIpc) is 3.00. The molecule has 1 amide bonds. The number of carbonyl (C=O) groups excluding carboxylic acids is 1. The Bertz CT molecular complexity index is 1100. The van der Waals surface area contributed by atoms with Crippen molar-refractivity contribution in [1.82, 2.24) is 4.90 Å². The van der Waals surface area contributed by atoms with E-state index in [1.807, 2.05) is 79.7 Å². The Hall–Kier alpha value is -3.05. The summed E-state index contributed by atoms with van der Waals surface area (Å²) in [5.74, 6) is 0.132. The van der Waals surface area contributed by atoms with Gasteiger partial charge in [-0.2, -0.15) is 0 Å². The van der Waals surface area contributed by atoms with E-state index in [-0.39, 0.29) is 11.7 Å². The molecule has 0 saturated carbocycles. The number of hydrogen-bond donors (Lipinski definition) is 1. The number of halogens is 1. The molecule has 1 atom stereocenters. The van der Waals surface area contributed by atoms with E-state index in [4.69, 9.17) is 4.74 Å². The lowest BCUT2D eigenvalue weighted by Crippen LogP contribution is -2.30. The van der Waals surface area contributed by atoms with Crippen molar-refractivity contribution in [2.75, 3.05) is 7.11 Å². The van der Waals surface area contributed by atoms with Gasteiger partial charge in [-0.3, -0.25) is 4.79 Å². The normalized spacial score (nSPS) is 16.3. The first kappa shape index (κ1) is 20.2. The van der Waals surface area contributed by atoms with E-state index in [2.05, 4.69) is 15.9 Å². The van der Waals surface area contributed by atoms with Crippen LogP contribution >= 0.6 is 15.9 Å². The van der Waals surface area contributed by atoms with Crippen molar-refractivity contribution >= 4 is 27.4 Å². The number of aliphatic hydroxyl groups is 1. The number of aryl methyl sites for hydroxylation is 1. The average molecular weight is 464 g/mol. The molecule has 0 fully saturated rings. The number of carbonyl (C=O) groups is 1. The van der Waals surface area contributed by atoms with E-state index in [9.17, 15) is 9.90 Å². The Kier molecular flexibility index (Phi) is 5.64. The van der Waals surface area contributed by atoms with E-state index < -0.39 is 6.04 Å². The van der Waals surface area contributed by atoms with E-state index >= 15 is 0 Å². The fourth-order valence-corrected chi connectivity index (χ4v) is 4.29. The first-order valence-electron chi connectivity index (χ1n) is 9.68. The van der Waals surface area contributed by atoms with Gasteiger partial charge >= 0.3 is 0 Å². The fraction of sp³-hybridized carbons (Fsp3) is 0.160. The molecule has 4 nitrogen and oxygen atoms in total. The minimum atomic E-state index is -0.414. The Labute approximate surface area is 184 Å². The molecule has 0 aliphatic carbocycles. The molecule has 152 valence electrons. The van der Waals surface area contributed by atoms with Crippen molar-refractivity contribution in [3.05, 3.63) is 105 Å². The van der Waals surface area contributed by atoms with Gasteiger partial charge in [-0.15, -0.1) is 0 Å². The smallest absolute Gasteiger partial charge is 0.290 e. The molecule has 0 bridgehead atoms. The van der Waals surface area contributed by atoms with Gasteiger partial charge in [0.05, 0.1) is 13.2 Å². The molecule has 1 aliphatic heterocycles. The molecule has 30 heavy (non-hydrogen) atoms. The highest BCUT2D eigenvalue weighted by molar-refractivity contribution is 9.10. The van der Waals surface area contributed by atoms with Crippen LogP contribution in [0.2, 0.25) is 0 Å². The maximum atomic E-state index is 13.2. The van der Waals surface area contributed by atoms with Gasteiger partial charge in [-0.05, 0) is 41.8 Å². The van der Waals surface area contributed by atoms with Crippen LogP contribution in [0.25, 0.3) is 5.57 Å². The van der Waals surface area contributed by atoms with Crippen LogP contribution in [0, 0.1) is 6.92 Å². The molecule has 0 radical (unpaired) electrons. The molecule has 0 unspecified atom stereocenters. The second kappa shape index (κ2) is 8.36. The minimum absolute atomic E-state index is 0.215. The van der Waals surface area contributed by atoms with Crippen LogP contribution in [0.15, 0.2) is 83.0 Å². The van der Waals surface area contributed by atoms with Crippen LogP contribution in [-0.2, 0) is 11.3 Å². The summed E-state index contributed by atoms with van der Waals surface area (Å²) < 4.78 is 6.14. The SMILES string of the molecule is COc1ccc(C2=C(O)C(=O)N(Cc3ccc(C)cc3)[C@@H]2c2ccccc2Br)cc1. The van der Waals surface area contributed by atoms with E-state index in [0.29, 0.717) is 12.1 Å². The molecule has 0 spiro atoms. The van der Waals surface area contributed by atoms with E-state index in [1.54, 1.807) is 12.0 Å². The molecule has 3 aromatic carbocycles. The van der Waals surface area contributed by atoms with Crippen molar-refractivity contribution in [2.45, 2.75) is 19.5 Å². The summed E-state index contributed by atoms with van der Waals surface area (Å²) in [4.78, 5) is 14.9. The van der Waals surface area contributed by atoms with Crippen LogP contribution < -0.4 is 4.74 Å². The zero-order valence-electron chi connectivity index (χ0n) is 16.8. The number of benzene rings is 3. The Morgan fingerprint density at radius 2 is 1.67 bits per heavy atom. The predicted molar refractivity (Wildman–Crippen MR) is 121 cm³/mol. The lowest BCUT2D eigenvalue weighted by Gasteiger charge is -2.28. The molecule has 1 N–H and O–H groups in total. The molecule has 0 aromatic heterocycles. The van der Waals surface area contributed by atoms with Crippen LogP contribution in [0.3, 0.4) is 0 Å². The summed E-state index contributed by atoms with van der Waals surface area (Å²) >= 11 is 3.63. The highest BCUT2D eigenvalue weighted by Gasteiger charge is 2.41. The fourth-order valence-electron chi connectivity index (χ4n) is 3.79. The van der Waals surface area contributed by atoms with Gasteiger partial charge in [-0.1, -0.05) is 76.1 Å². The van der Waals surface area contributed by atoms with Gasteiger partial charge < -0.3 is 14.7 Å². The topological polar surface area (TPSA) is 49.8 Å². The summed E-state index contributed by atoms with van der Waals surface area (Å²) in [5, 5.41) is 10.9. The quantitative estimate of drug-likeness (QED) is 0.518. The number of aliphatic hydroxyl groups excluding tert-OH is 1. The molecule has 4 rings (SSSR count). The number of nitrogens with zero attached hydrogens (tertiary/aromatic N) is 1. The summed E-state index contributed by atoms with van der Waals surface area (Å²) in [7, 11) is 1.61. The number of hydrogen-bond acceptors (Lipinski definition) is 3. The first-order chi connectivity index (χ1) is 14.5. The number of methoxy groups -OCH3 is 1. The maximum Gasteiger partial charge on any atom is 0.290 e. The first-order valence-corrected chi connectivity index (χ1v) is 10.5. The molecule has 0 saturated heterocycles. The van der Waals surface area contributed by atoms with E-state index in [0.717, 1.165) is 32.5 Å². The molecular formula is C25H22BrNO3. The third kappa shape index (κ3) is 3.73. The minimum Gasteiger partial charge on any atom is -0.503 e. The van der Waals surface area contributed by atoms with Gasteiger partial charge in [-0.25, -0.2) is 0 Å². The third-order valence-electron chi connectivity index (χ3n) is 5.38. The van der Waals surface area contributed by atoms with Crippen molar-refractivity contribution in [3.8, 4) is 5.75 Å². The summed E-state index contributed by atoms with van der Waals surface area (Å²) in [6.45, 7) is 2.43. The van der Waals surface area contributed by atoms with Crippen LogP contribution in [0.4, 0.5) is 0 Å². The number of ether oxygens (including phenoxy) is 1. The lowest BCUT2D eigenvalue weighted by molar-refractivity contribution is -0.130. The maximum absolute atomic E-state index is 13.2. The molecule has 1 aliphatic rings. The Morgan fingerprint density at radius 1 is 1.00 bits per heavy atom. The largest absolute Gasteiger partial charge is 0.503 e. The van der Waals surface area contributed by atoms with E-state index in [1.165, 1.54) is 0 Å². The summed E-state index contributed by atoms with van der Waals surface area (Å²) in [6.07, 6.45) is 0. The monoisotopic (exact) mass is 463 g/mol. The molecular weight excluding hydrogens is 442 g/mol. The zero-order chi connectivity index (χ0) is 21.3. The number of amides is 1. The second-order valence-corrected chi connectivity index (χ2v) is 8.19. The molecule has 3 aromatic rings. The third-order valence-corrected chi connectivity index (χ3v) is 6.10. The number of rotatable bonds is 5. The standard InChI is InChI=1S/C25H22BrNO3/c1-16-7-9-17(10-8-16)15-27-23(20-5-3-4-6-21(20)26)22(24(28)25(27)29)18-11-13-19(30-2)14-12-18/h3-14,23,28H,15H2,1-2H3/t23-/m1/s1. The Balaban J connectivity index is 1.81.